The first-order chi connectivity index (χ1) is 15.0. The van der Waals surface area contributed by atoms with E-state index in [1.54, 1.807) is 23.1 Å². The van der Waals surface area contributed by atoms with Crippen LogP contribution in [0.5, 0.6) is 5.75 Å². The van der Waals surface area contributed by atoms with Crippen molar-refractivity contribution in [2.75, 3.05) is 32.6 Å². The van der Waals surface area contributed by atoms with Crippen molar-refractivity contribution in [3.05, 3.63) is 78.6 Å². The van der Waals surface area contributed by atoms with Gasteiger partial charge in [-0.25, -0.2) is 4.98 Å². The molecule has 3 aromatic rings. The second-order valence-electron chi connectivity index (χ2n) is 7.43. The monoisotopic (exact) mass is 418 g/mol. The van der Waals surface area contributed by atoms with Crippen LogP contribution in [0.1, 0.15) is 29.4 Å². The lowest BCUT2D eigenvalue weighted by Crippen LogP contribution is -2.31. The molecule has 3 rings (SSSR count). The molecule has 0 spiro atoms. The highest BCUT2D eigenvalue weighted by Gasteiger charge is 2.27. The number of aromatic nitrogens is 2. The summed E-state index contributed by atoms with van der Waals surface area (Å²) in [6.07, 6.45) is 2.55. The van der Waals surface area contributed by atoms with Crippen molar-refractivity contribution in [1.82, 2.24) is 14.5 Å². The molecule has 0 saturated heterocycles. The van der Waals surface area contributed by atoms with E-state index >= 15 is 0 Å². The summed E-state index contributed by atoms with van der Waals surface area (Å²) in [4.78, 5) is 22.0. The zero-order valence-corrected chi connectivity index (χ0v) is 18.7. The number of hydrogen-bond acceptors (Lipinski definition) is 4. The minimum Gasteiger partial charge on any atom is -0.497 e. The SMILES string of the molecule is C=CN(C)c1nc(-c2ccc(OC)cc2)n(Cc2ccccc2)c1C(=O)N(C)CCC. The fraction of sp³-hybridized carbons (Fsp3) is 0.280. The lowest BCUT2D eigenvalue weighted by molar-refractivity contribution is 0.0786. The average molecular weight is 419 g/mol. The second kappa shape index (κ2) is 9.98. The lowest BCUT2D eigenvalue weighted by Gasteiger charge is -2.20. The van der Waals surface area contributed by atoms with Gasteiger partial charge in [0.05, 0.1) is 7.11 Å². The van der Waals surface area contributed by atoms with Crippen LogP contribution in [-0.4, -0.2) is 48.1 Å². The van der Waals surface area contributed by atoms with Gasteiger partial charge in [0.1, 0.15) is 11.6 Å². The zero-order valence-electron chi connectivity index (χ0n) is 18.7. The van der Waals surface area contributed by atoms with Crippen molar-refractivity contribution in [1.29, 1.82) is 0 Å². The predicted octanol–water partition coefficient (Wildman–Crippen LogP) is 4.67. The number of nitrogens with zero attached hydrogens (tertiary/aromatic N) is 4. The van der Waals surface area contributed by atoms with Crippen LogP contribution in [0, 0.1) is 0 Å². The summed E-state index contributed by atoms with van der Waals surface area (Å²) in [7, 11) is 5.33. The van der Waals surface area contributed by atoms with E-state index < -0.39 is 0 Å². The van der Waals surface area contributed by atoms with Crippen molar-refractivity contribution < 1.29 is 9.53 Å². The number of rotatable bonds is 9. The number of ether oxygens (including phenoxy) is 1. The predicted molar refractivity (Wildman–Crippen MR) is 126 cm³/mol. The maximum absolute atomic E-state index is 13.5. The Bertz CT molecular complexity index is 1030. The highest BCUT2D eigenvalue weighted by Crippen LogP contribution is 2.31. The van der Waals surface area contributed by atoms with E-state index in [1.165, 1.54) is 0 Å². The van der Waals surface area contributed by atoms with E-state index in [0.717, 1.165) is 29.1 Å². The molecule has 1 heterocycles. The second-order valence-corrected chi connectivity index (χ2v) is 7.43. The Morgan fingerprint density at radius 3 is 2.39 bits per heavy atom. The molecule has 0 fully saturated rings. The summed E-state index contributed by atoms with van der Waals surface area (Å²) in [6, 6.07) is 17.8. The number of hydrogen-bond donors (Lipinski definition) is 0. The molecule has 0 N–H and O–H groups in total. The number of benzene rings is 2. The Hall–Kier alpha value is -3.54. The van der Waals surface area contributed by atoms with E-state index in [-0.39, 0.29) is 5.91 Å². The molecular weight excluding hydrogens is 388 g/mol. The first kappa shape index (κ1) is 22.2. The maximum Gasteiger partial charge on any atom is 0.274 e. The molecule has 0 aliphatic carbocycles. The largest absolute Gasteiger partial charge is 0.497 e. The van der Waals surface area contributed by atoms with Crippen LogP contribution >= 0.6 is 0 Å². The lowest BCUT2D eigenvalue weighted by atomic mass is 10.2. The van der Waals surface area contributed by atoms with Crippen LogP contribution in [0.3, 0.4) is 0 Å². The molecule has 6 heteroatoms. The van der Waals surface area contributed by atoms with Crippen LogP contribution in [0.15, 0.2) is 67.4 Å². The molecule has 162 valence electrons. The standard InChI is InChI=1S/C25H30N4O2/c1-6-17-28(4)25(30)22-24(27(3)7-2)26-23(20-13-15-21(31-5)16-14-20)29(22)18-19-11-9-8-10-12-19/h7-16H,2,6,17-18H2,1,3-5H3. The maximum atomic E-state index is 13.5. The third kappa shape index (κ3) is 4.79. The summed E-state index contributed by atoms with van der Waals surface area (Å²) < 4.78 is 7.30. The summed E-state index contributed by atoms with van der Waals surface area (Å²) in [5, 5.41) is 0. The van der Waals surface area contributed by atoms with E-state index in [2.05, 4.69) is 25.6 Å². The molecule has 2 aromatic carbocycles. The minimum absolute atomic E-state index is 0.0613. The molecule has 0 saturated carbocycles. The average Bonchev–Trinajstić information content (AvgIpc) is 3.17. The number of amides is 1. The van der Waals surface area contributed by atoms with Crippen LogP contribution in [0.4, 0.5) is 5.82 Å². The van der Waals surface area contributed by atoms with Crippen LogP contribution in [-0.2, 0) is 6.54 Å². The highest BCUT2D eigenvalue weighted by atomic mass is 16.5. The fourth-order valence-corrected chi connectivity index (χ4v) is 3.48. The molecule has 6 nitrogen and oxygen atoms in total. The molecule has 1 amide bonds. The van der Waals surface area contributed by atoms with Gasteiger partial charge in [-0.05, 0) is 42.4 Å². The van der Waals surface area contributed by atoms with Crippen molar-refractivity contribution in [2.45, 2.75) is 19.9 Å². The molecule has 0 radical (unpaired) electrons. The number of carbonyl (C=O) groups is 1. The Morgan fingerprint density at radius 1 is 1.13 bits per heavy atom. The summed E-state index contributed by atoms with van der Waals surface area (Å²) in [5.41, 5.74) is 2.55. The van der Waals surface area contributed by atoms with Gasteiger partial charge < -0.3 is 19.1 Å². The summed E-state index contributed by atoms with van der Waals surface area (Å²) >= 11 is 0. The fourth-order valence-electron chi connectivity index (χ4n) is 3.48. The van der Waals surface area contributed by atoms with Crippen LogP contribution in [0.2, 0.25) is 0 Å². The molecule has 31 heavy (non-hydrogen) atoms. The summed E-state index contributed by atoms with van der Waals surface area (Å²) in [5.74, 6) is 2.02. The third-order valence-corrected chi connectivity index (χ3v) is 5.20. The quantitative estimate of drug-likeness (QED) is 0.507. The Morgan fingerprint density at radius 2 is 1.81 bits per heavy atom. The van der Waals surface area contributed by atoms with Gasteiger partial charge in [0, 0.05) is 32.7 Å². The van der Waals surface area contributed by atoms with Gasteiger partial charge in [-0.2, -0.15) is 0 Å². The first-order valence-electron chi connectivity index (χ1n) is 10.4. The van der Waals surface area contributed by atoms with E-state index in [1.807, 2.05) is 61.1 Å². The van der Waals surface area contributed by atoms with Gasteiger partial charge in [0.25, 0.3) is 5.91 Å². The van der Waals surface area contributed by atoms with Gasteiger partial charge >= 0.3 is 0 Å². The van der Waals surface area contributed by atoms with Gasteiger partial charge in [0.2, 0.25) is 0 Å². The number of imidazole rings is 1. The molecule has 0 aliphatic heterocycles. The Balaban J connectivity index is 2.22. The van der Waals surface area contributed by atoms with Crippen molar-refractivity contribution in [3.63, 3.8) is 0 Å². The Kier molecular flexibility index (Phi) is 7.13. The van der Waals surface area contributed by atoms with Crippen LogP contribution < -0.4 is 9.64 Å². The van der Waals surface area contributed by atoms with Crippen molar-refractivity contribution >= 4 is 11.7 Å². The van der Waals surface area contributed by atoms with E-state index in [0.29, 0.717) is 24.6 Å². The number of methoxy groups -OCH3 is 1. The van der Waals surface area contributed by atoms with E-state index in [9.17, 15) is 4.79 Å². The van der Waals surface area contributed by atoms with Gasteiger partial charge in [-0.1, -0.05) is 43.8 Å². The van der Waals surface area contributed by atoms with Crippen molar-refractivity contribution in [3.8, 4) is 17.1 Å². The van der Waals surface area contributed by atoms with E-state index in [4.69, 9.17) is 9.72 Å². The molecule has 0 aliphatic rings. The van der Waals surface area contributed by atoms with Crippen molar-refractivity contribution in [2.24, 2.45) is 0 Å². The zero-order chi connectivity index (χ0) is 22.4. The Labute approximate surface area is 184 Å². The van der Waals surface area contributed by atoms with Gasteiger partial charge in [0.15, 0.2) is 11.5 Å². The molecule has 0 bridgehead atoms. The normalized spacial score (nSPS) is 10.6. The number of carbonyl (C=O) groups excluding carboxylic acids is 1. The molecule has 1 aromatic heterocycles. The topological polar surface area (TPSA) is 50.6 Å². The summed E-state index contributed by atoms with van der Waals surface area (Å²) in [6.45, 7) is 7.13. The third-order valence-electron chi connectivity index (χ3n) is 5.20. The van der Waals surface area contributed by atoms with Gasteiger partial charge in [-0.3, -0.25) is 4.79 Å². The molecule has 0 unspecified atom stereocenters. The smallest absolute Gasteiger partial charge is 0.274 e. The molecule has 0 atom stereocenters. The minimum atomic E-state index is -0.0613. The highest BCUT2D eigenvalue weighted by molar-refractivity contribution is 5.98. The van der Waals surface area contributed by atoms with Crippen LogP contribution in [0.25, 0.3) is 11.4 Å². The first-order valence-corrected chi connectivity index (χ1v) is 10.4. The number of anilines is 1. The van der Waals surface area contributed by atoms with Gasteiger partial charge in [-0.15, -0.1) is 0 Å². The molecular formula is C25H30N4O2.